The monoisotopic (exact) mass is 681 g/mol. The highest BCUT2D eigenvalue weighted by molar-refractivity contribution is 5.90. The van der Waals surface area contributed by atoms with Crippen molar-refractivity contribution < 1.29 is 38.1 Å². The van der Waals surface area contributed by atoms with E-state index < -0.39 is 76.8 Å². The van der Waals surface area contributed by atoms with E-state index in [0.29, 0.717) is 0 Å². The lowest BCUT2D eigenvalue weighted by Gasteiger charge is -2.28. The first-order valence-corrected chi connectivity index (χ1v) is 15.7. The van der Waals surface area contributed by atoms with Crippen LogP contribution in [0.4, 0.5) is 4.79 Å². The normalized spacial score (nSPS) is 14.8. The fourth-order valence-electron chi connectivity index (χ4n) is 4.18. The number of ether oxygens (including phenoxy) is 4. The average Bonchev–Trinajstić information content (AvgIpc) is 2.92. The Hall–Kier alpha value is -4.37. The Kier molecular flexibility index (Phi) is 15.8. The number of H-pyrrole nitrogens is 1. The molecule has 0 bridgehead atoms. The van der Waals surface area contributed by atoms with Crippen LogP contribution in [0.15, 0.2) is 20.9 Å². The van der Waals surface area contributed by atoms with E-state index in [1.807, 2.05) is 13.8 Å². The second kappa shape index (κ2) is 18.2. The molecule has 0 spiro atoms. The van der Waals surface area contributed by atoms with Crippen LogP contribution in [0.3, 0.4) is 0 Å². The fraction of sp³-hybridized carbons (Fsp3) is 0.742. The molecule has 0 aromatic carbocycles. The zero-order chi connectivity index (χ0) is 37.0. The number of carbonyl (C=O) groups excluding carboxylic acids is 4. The van der Waals surface area contributed by atoms with Crippen LogP contribution in [-0.4, -0.2) is 75.5 Å². The van der Waals surface area contributed by atoms with E-state index in [-0.39, 0.29) is 37.4 Å². The molecule has 0 fully saturated rings. The molecule has 0 aliphatic carbocycles. The summed E-state index contributed by atoms with van der Waals surface area (Å²) in [5, 5.41) is 8.76. The van der Waals surface area contributed by atoms with Crippen molar-refractivity contribution in [3.63, 3.8) is 0 Å². The summed E-state index contributed by atoms with van der Waals surface area (Å²) >= 11 is 0. The third kappa shape index (κ3) is 15.5. The minimum Gasteiger partial charge on any atom is -0.463 e. The zero-order valence-corrected chi connectivity index (χ0v) is 29.7. The van der Waals surface area contributed by atoms with Gasteiger partial charge in [-0.3, -0.25) is 23.9 Å². The molecule has 17 heteroatoms. The summed E-state index contributed by atoms with van der Waals surface area (Å²) in [5.41, 5.74) is 6.23. The molecule has 17 nitrogen and oxygen atoms in total. The molecule has 1 aromatic rings. The van der Waals surface area contributed by atoms with Gasteiger partial charge < -0.3 is 29.6 Å². The molecule has 270 valence electrons. The van der Waals surface area contributed by atoms with E-state index >= 15 is 0 Å². The average molecular weight is 682 g/mol. The quantitative estimate of drug-likeness (QED) is 0.0755. The lowest BCUT2D eigenvalue weighted by atomic mass is 10.0. The smallest absolute Gasteiger partial charge is 0.408 e. The maximum Gasteiger partial charge on any atom is 0.408 e. The molecular formula is C31H51N7O10. The van der Waals surface area contributed by atoms with Crippen LogP contribution in [0.25, 0.3) is 10.4 Å². The van der Waals surface area contributed by atoms with Gasteiger partial charge in [0.1, 0.15) is 42.2 Å². The van der Waals surface area contributed by atoms with Crippen molar-refractivity contribution in [3.8, 4) is 0 Å². The molecule has 0 saturated carbocycles. The number of carbonyl (C=O) groups is 4. The van der Waals surface area contributed by atoms with Crippen molar-refractivity contribution in [1.82, 2.24) is 20.2 Å². The van der Waals surface area contributed by atoms with Gasteiger partial charge in [0.15, 0.2) is 0 Å². The highest BCUT2D eigenvalue weighted by Crippen LogP contribution is 2.16. The molecule has 48 heavy (non-hydrogen) atoms. The number of aryl methyl sites for hydroxylation is 1. The summed E-state index contributed by atoms with van der Waals surface area (Å²) in [6, 6.07) is -3.16. The second-order valence-corrected chi connectivity index (χ2v) is 13.8. The Morgan fingerprint density at radius 1 is 0.979 bits per heavy atom. The Labute approximate surface area is 280 Å². The first-order valence-electron chi connectivity index (χ1n) is 15.7. The molecule has 5 atom stereocenters. The summed E-state index contributed by atoms with van der Waals surface area (Å²) < 4.78 is 23.2. The molecule has 2 amide bonds. The fourth-order valence-corrected chi connectivity index (χ4v) is 4.18. The van der Waals surface area contributed by atoms with Gasteiger partial charge in [-0.2, -0.15) is 0 Å². The van der Waals surface area contributed by atoms with Crippen LogP contribution in [0.5, 0.6) is 0 Å². The van der Waals surface area contributed by atoms with Gasteiger partial charge in [-0.1, -0.05) is 25.9 Å². The van der Waals surface area contributed by atoms with Gasteiger partial charge in [-0.05, 0) is 79.7 Å². The minimum absolute atomic E-state index is 0.0110. The number of amides is 2. The number of aromatic nitrogens is 2. The van der Waals surface area contributed by atoms with Crippen molar-refractivity contribution in [2.75, 3.05) is 6.61 Å². The maximum absolute atomic E-state index is 13.3. The predicted octanol–water partition coefficient (Wildman–Crippen LogP) is 3.54. The largest absolute Gasteiger partial charge is 0.463 e. The van der Waals surface area contributed by atoms with Gasteiger partial charge in [-0.15, -0.1) is 0 Å². The van der Waals surface area contributed by atoms with Crippen LogP contribution in [0, 0.1) is 12.8 Å². The standard InChI is InChI=1S/C31H51N7O10/c1-17(2)14-22(34-29(44)48-31(9,10)11)26(41)33-21(27(42)47-30(6,7)8)12-13-24(39)45-16-23(19(4)36-37-32)46-20(5)38-15-18(3)25(40)35-28(38)43/h15,17,19-23H,12-14,16H2,1-11H3,(H,33,41)(H,34,44)(H,35,40,43). The van der Waals surface area contributed by atoms with E-state index in [9.17, 15) is 28.8 Å². The first-order chi connectivity index (χ1) is 22.0. The van der Waals surface area contributed by atoms with Crippen LogP contribution in [0.2, 0.25) is 0 Å². The molecule has 1 rings (SSSR count). The van der Waals surface area contributed by atoms with E-state index in [2.05, 4.69) is 25.6 Å². The van der Waals surface area contributed by atoms with Crippen LogP contribution >= 0.6 is 0 Å². The molecular weight excluding hydrogens is 630 g/mol. The second-order valence-electron chi connectivity index (χ2n) is 13.8. The Balaban J connectivity index is 3.08. The minimum atomic E-state index is -1.27. The molecule has 5 unspecified atom stereocenters. The van der Waals surface area contributed by atoms with Gasteiger partial charge in [0, 0.05) is 23.1 Å². The Bertz CT molecular complexity index is 1430. The number of rotatable bonds is 16. The maximum atomic E-state index is 13.3. The molecule has 0 aliphatic rings. The lowest BCUT2D eigenvalue weighted by molar-refractivity contribution is -0.159. The van der Waals surface area contributed by atoms with E-state index in [1.165, 1.54) is 27.0 Å². The van der Waals surface area contributed by atoms with E-state index in [1.54, 1.807) is 41.5 Å². The number of aromatic amines is 1. The highest BCUT2D eigenvalue weighted by Gasteiger charge is 2.32. The van der Waals surface area contributed by atoms with Gasteiger partial charge >= 0.3 is 23.7 Å². The summed E-state index contributed by atoms with van der Waals surface area (Å²) in [6.07, 6.45) is -1.75. The number of hydrogen-bond donors (Lipinski definition) is 3. The number of nitrogens with zero attached hydrogens (tertiary/aromatic N) is 4. The molecule has 1 heterocycles. The topological polar surface area (TPSA) is 233 Å². The molecule has 0 radical (unpaired) electrons. The summed E-state index contributed by atoms with van der Waals surface area (Å²) in [5.74, 6) is -2.24. The zero-order valence-electron chi connectivity index (χ0n) is 29.7. The number of nitrogens with one attached hydrogen (secondary N) is 3. The number of esters is 2. The Morgan fingerprint density at radius 2 is 1.58 bits per heavy atom. The van der Waals surface area contributed by atoms with Crippen molar-refractivity contribution in [2.24, 2.45) is 11.0 Å². The molecule has 0 aliphatic heterocycles. The number of azide groups is 1. The Morgan fingerprint density at radius 3 is 2.12 bits per heavy atom. The van der Waals surface area contributed by atoms with Gasteiger partial charge in [0.2, 0.25) is 5.91 Å². The molecule has 0 saturated heterocycles. The van der Waals surface area contributed by atoms with Crippen LogP contribution < -0.4 is 21.9 Å². The first kappa shape index (κ1) is 41.7. The van der Waals surface area contributed by atoms with Crippen molar-refractivity contribution in [1.29, 1.82) is 0 Å². The summed E-state index contributed by atoms with van der Waals surface area (Å²) in [7, 11) is 0. The van der Waals surface area contributed by atoms with E-state index in [4.69, 9.17) is 24.5 Å². The summed E-state index contributed by atoms with van der Waals surface area (Å²) in [4.78, 5) is 80.8. The predicted molar refractivity (Wildman–Crippen MR) is 175 cm³/mol. The number of alkyl carbamates (subject to hydrolysis) is 1. The van der Waals surface area contributed by atoms with Crippen molar-refractivity contribution >= 4 is 23.9 Å². The van der Waals surface area contributed by atoms with Crippen molar-refractivity contribution in [3.05, 3.63) is 43.0 Å². The summed E-state index contributed by atoms with van der Waals surface area (Å²) in [6.45, 7) is 17.9. The number of hydrogen-bond acceptors (Lipinski definition) is 11. The third-order valence-corrected chi connectivity index (χ3v) is 6.45. The van der Waals surface area contributed by atoms with Crippen LogP contribution in [-0.2, 0) is 33.3 Å². The van der Waals surface area contributed by atoms with E-state index in [0.717, 1.165) is 4.57 Å². The van der Waals surface area contributed by atoms with Gasteiger partial charge in [0.05, 0.1) is 6.04 Å². The molecule has 1 aromatic heterocycles. The van der Waals surface area contributed by atoms with Crippen LogP contribution in [0.1, 0.15) is 100 Å². The van der Waals surface area contributed by atoms with Crippen molar-refractivity contribution in [2.45, 2.75) is 137 Å². The highest BCUT2D eigenvalue weighted by atomic mass is 16.6. The lowest BCUT2D eigenvalue weighted by Crippen LogP contribution is -2.53. The third-order valence-electron chi connectivity index (χ3n) is 6.45. The SMILES string of the molecule is Cc1cn(C(C)OC(COC(=O)CCC(NC(=O)C(CC(C)C)NC(=O)OC(C)(C)C)C(=O)OC(C)(C)C)C(C)N=[N+]=[N-])c(=O)[nH]c1=O. The van der Waals surface area contributed by atoms with Gasteiger partial charge in [0.25, 0.3) is 5.56 Å². The van der Waals surface area contributed by atoms with Gasteiger partial charge in [-0.25, -0.2) is 14.4 Å². The molecule has 3 N–H and O–H groups in total.